The third-order valence-electron chi connectivity index (χ3n) is 11.1. The second-order valence-electron chi connectivity index (χ2n) is 16.0. The van der Waals surface area contributed by atoms with Crippen LogP contribution in [0.4, 0.5) is 18.0 Å². The monoisotopic (exact) mass is 807 g/mol. The first-order valence-corrected chi connectivity index (χ1v) is 20.3. The number of benzene rings is 1. The van der Waals surface area contributed by atoms with Crippen LogP contribution in [0, 0.1) is 17.8 Å². The molecule has 1 unspecified atom stereocenters. The number of fused-ring (bicyclic) bond motifs is 3. The smallest absolute Gasteiger partial charge is 0.427 e. The van der Waals surface area contributed by atoms with Gasteiger partial charge in [-0.15, -0.1) is 0 Å². The summed E-state index contributed by atoms with van der Waals surface area (Å²) in [6.07, 6.45) is -1.27. The molecule has 56 heavy (non-hydrogen) atoms. The standard InChI is InChI=1S/C38H48F3N5O9S/c1-21-10-6-8-12-24-19-37(24,34(49)45-56(51,52)26-14-15-26)44-31(47)28-18-25(54-32-27-13-9-7-11-23(27)17-29(42-32)53-5)20-46(28)33(48)30(22(2)16-21)43-35(50)55-36(3,4)38(39,40)41/h7-9,11-13,17,21-22,24-26,28,30H,6,10,14-16,18-20H2,1-5H3,(H,43,50)(H,44,47)(H,45,49)/b12-8-/t21-,22-,24?,25-,28+,30+,37-/m1/s1. The molecule has 306 valence electrons. The minimum atomic E-state index is -4.91. The lowest BCUT2D eigenvalue weighted by atomic mass is 9.88. The van der Waals surface area contributed by atoms with Crippen LogP contribution in [0.2, 0.25) is 0 Å². The van der Waals surface area contributed by atoms with Crippen LogP contribution in [0.1, 0.15) is 72.6 Å². The van der Waals surface area contributed by atoms with E-state index in [1.807, 2.05) is 25.1 Å². The van der Waals surface area contributed by atoms with Crippen LogP contribution in [0.25, 0.3) is 10.8 Å². The van der Waals surface area contributed by atoms with Crippen LogP contribution < -0.4 is 24.8 Å². The Hall–Kier alpha value is -4.61. The molecule has 2 aliphatic heterocycles. The molecule has 3 N–H and O–H groups in total. The molecule has 7 atom stereocenters. The normalized spacial score (nSPS) is 29.5. The molecule has 3 heterocycles. The van der Waals surface area contributed by atoms with Crippen LogP contribution >= 0.6 is 0 Å². The first kappa shape index (κ1) is 41.0. The van der Waals surface area contributed by atoms with Gasteiger partial charge in [-0.1, -0.05) is 44.2 Å². The maximum atomic E-state index is 14.7. The quantitative estimate of drug-likeness (QED) is 0.321. The predicted octanol–water partition coefficient (Wildman–Crippen LogP) is 4.52. The van der Waals surface area contributed by atoms with Crippen molar-refractivity contribution in [3.8, 4) is 11.8 Å². The number of hydrogen-bond donors (Lipinski definition) is 3. The van der Waals surface area contributed by atoms with Crippen LogP contribution in [0.15, 0.2) is 42.5 Å². The van der Waals surface area contributed by atoms with E-state index in [2.05, 4.69) is 20.3 Å². The lowest BCUT2D eigenvalue weighted by molar-refractivity contribution is -0.244. The Morgan fingerprint density at radius 2 is 1.79 bits per heavy atom. The molecule has 0 spiro atoms. The van der Waals surface area contributed by atoms with E-state index < -0.39 is 86.4 Å². The van der Waals surface area contributed by atoms with E-state index in [0.29, 0.717) is 51.3 Å². The number of methoxy groups -OCH3 is 1. The fourth-order valence-corrected chi connectivity index (χ4v) is 8.80. The van der Waals surface area contributed by atoms with E-state index in [1.54, 1.807) is 31.2 Å². The van der Waals surface area contributed by atoms with Crippen molar-refractivity contribution in [2.75, 3.05) is 13.7 Å². The number of alkyl halides is 3. The summed E-state index contributed by atoms with van der Waals surface area (Å²) in [5.41, 5.74) is -4.51. The molecular formula is C38H48F3N5O9S. The van der Waals surface area contributed by atoms with Gasteiger partial charge >= 0.3 is 12.3 Å². The number of halogens is 3. The van der Waals surface area contributed by atoms with E-state index >= 15 is 0 Å². The van der Waals surface area contributed by atoms with Gasteiger partial charge in [0.2, 0.25) is 39.2 Å². The van der Waals surface area contributed by atoms with E-state index in [-0.39, 0.29) is 37.1 Å². The van der Waals surface area contributed by atoms with Gasteiger partial charge < -0.3 is 29.7 Å². The average molecular weight is 808 g/mol. The SMILES string of the molecule is COc1cc2ccccc2c(O[C@@H]2C[C@H]3C(=O)N[C@]4(C(=O)NS(=O)(=O)C5CC5)CC4/C=C\CC[C@@H](C)C[C@@H](C)[C@H](NC(=O)OC(C)(C)C(F)(F)F)C(=O)N3C2)n1. The molecule has 18 heteroatoms. The van der Waals surface area contributed by atoms with Crippen molar-refractivity contribution >= 4 is 44.6 Å². The van der Waals surface area contributed by atoms with Crippen LogP contribution in [-0.2, 0) is 29.1 Å². The highest BCUT2D eigenvalue weighted by Gasteiger charge is 2.62. The average Bonchev–Trinajstić information content (AvgIpc) is 4.04. The summed E-state index contributed by atoms with van der Waals surface area (Å²) in [6.45, 7) is 4.78. The number of aromatic nitrogens is 1. The summed E-state index contributed by atoms with van der Waals surface area (Å²) in [5, 5.41) is 5.81. The molecule has 1 aromatic heterocycles. The number of nitrogens with one attached hydrogen (secondary N) is 3. The first-order valence-electron chi connectivity index (χ1n) is 18.8. The van der Waals surface area contributed by atoms with Crippen LogP contribution in [-0.4, -0.2) is 96.5 Å². The summed E-state index contributed by atoms with van der Waals surface area (Å²) in [7, 11) is -2.54. The fraction of sp³-hybridized carbons (Fsp3) is 0.605. The van der Waals surface area contributed by atoms with E-state index in [0.717, 1.165) is 5.39 Å². The molecule has 4 aliphatic rings. The number of allylic oxidation sites excluding steroid dienone is 1. The largest absolute Gasteiger partial charge is 0.481 e. The zero-order valence-electron chi connectivity index (χ0n) is 31.9. The minimum Gasteiger partial charge on any atom is -0.481 e. The summed E-state index contributed by atoms with van der Waals surface area (Å²) >= 11 is 0. The van der Waals surface area contributed by atoms with E-state index in [9.17, 15) is 40.8 Å². The number of sulfonamides is 1. The van der Waals surface area contributed by atoms with Crippen molar-refractivity contribution in [3.63, 3.8) is 0 Å². The predicted molar refractivity (Wildman–Crippen MR) is 197 cm³/mol. The Morgan fingerprint density at radius 3 is 2.46 bits per heavy atom. The van der Waals surface area contributed by atoms with Crippen LogP contribution in [0.5, 0.6) is 11.8 Å². The lowest BCUT2D eigenvalue weighted by Gasteiger charge is -2.34. The number of pyridine rings is 1. The minimum absolute atomic E-state index is 0.0342. The molecule has 2 saturated carbocycles. The highest BCUT2D eigenvalue weighted by atomic mass is 32.2. The molecule has 1 aromatic carbocycles. The highest BCUT2D eigenvalue weighted by Crippen LogP contribution is 2.46. The molecule has 2 aliphatic carbocycles. The van der Waals surface area contributed by atoms with Gasteiger partial charge in [0.15, 0.2) is 0 Å². The molecule has 4 amide bonds. The third kappa shape index (κ3) is 8.69. The van der Waals surface area contributed by atoms with Crippen LogP contribution in [0.3, 0.4) is 0 Å². The fourth-order valence-electron chi connectivity index (χ4n) is 7.44. The number of carbonyl (C=O) groups is 4. The van der Waals surface area contributed by atoms with Gasteiger partial charge in [-0.25, -0.2) is 13.2 Å². The number of rotatable bonds is 8. The molecular weight excluding hydrogens is 760 g/mol. The molecule has 3 fully saturated rings. The number of amides is 4. The molecule has 1 saturated heterocycles. The first-order chi connectivity index (χ1) is 26.2. The summed E-state index contributed by atoms with van der Waals surface area (Å²) < 4.78 is 85.5. The van der Waals surface area contributed by atoms with Crippen molar-refractivity contribution < 1.29 is 55.0 Å². The van der Waals surface area contributed by atoms with Crippen molar-refractivity contribution in [1.29, 1.82) is 0 Å². The van der Waals surface area contributed by atoms with Gasteiger partial charge in [0, 0.05) is 23.8 Å². The van der Waals surface area contributed by atoms with Crippen molar-refractivity contribution in [3.05, 3.63) is 42.5 Å². The summed E-state index contributed by atoms with van der Waals surface area (Å²) in [5.74, 6) is -3.25. The Kier molecular flexibility index (Phi) is 11.3. The van der Waals surface area contributed by atoms with E-state index in [1.165, 1.54) is 12.0 Å². The highest BCUT2D eigenvalue weighted by molar-refractivity contribution is 7.91. The zero-order valence-corrected chi connectivity index (χ0v) is 32.7. The van der Waals surface area contributed by atoms with Gasteiger partial charge in [0.1, 0.15) is 23.7 Å². The third-order valence-corrected chi connectivity index (χ3v) is 12.9. The maximum absolute atomic E-state index is 14.7. The molecule has 6 rings (SSSR count). The van der Waals surface area contributed by atoms with Gasteiger partial charge in [0.25, 0.3) is 5.91 Å². The second-order valence-corrected chi connectivity index (χ2v) is 17.9. The molecule has 0 radical (unpaired) electrons. The van der Waals surface area contributed by atoms with E-state index in [4.69, 9.17) is 14.2 Å². The van der Waals surface area contributed by atoms with Crippen molar-refractivity contribution in [2.24, 2.45) is 17.8 Å². The van der Waals surface area contributed by atoms with Crippen molar-refractivity contribution in [1.82, 2.24) is 25.2 Å². The number of nitrogens with zero attached hydrogens (tertiary/aromatic N) is 2. The number of ether oxygens (including phenoxy) is 3. The maximum Gasteiger partial charge on any atom is 0.427 e. The number of alkyl carbamates (subject to hydrolysis) is 1. The Morgan fingerprint density at radius 1 is 1.07 bits per heavy atom. The summed E-state index contributed by atoms with van der Waals surface area (Å²) in [4.78, 5) is 61.6. The molecule has 14 nitrogen and oxygen atoms in total. The molecule has 0 bridgehead atoms. The van der Waals surface area contributed by atoms with Gasteiger partial charge in [-0.05, 0) is 75.7 Å². The Labute approximate surface area is 323 Å². The second kappa shape index (κ2) is 15.4. The Balaban J connectivity index is 1.36. The number of carbonyl (C=O) groups excluding carboxylic acids is 4. The lowest BCUT2D eigenvalue weighted by Crippen LogP contribution is -2.59. The van der Waals surface area contributed by atoms with Gasteiger partial charge in [0.05, 0.1) is 18.9 Å². The summed E-state index contributed by atoms with van der Waals surface area (Å²) in [6, 6.07) is 6.16. The van der Waals surface area contributed by atoms with Gasteiger partial charge in [-0.3, -0.25) is 19.1 Å². The van der Waals surface area contributed by atoms with Crippen molar-refractivity contribution in [2.45, 2.75) is 113 Å². The molecule has 2 aromatic rings. The topological polar surface area (TPSA) is 182 Å². The zero-order chi connectivity index (χ0) is 40.8. The Bertz CT molecular complexity index is 2010. The number of hydrogen-bond acceptors (Lipinski definition) is 10. The van der Waals surface area contributed by atoms with Gasteiger partial charge in [-0.2, -0.15) is 18.2 Å².